The van der Waals surface area contributed by atoms with Gasteiger partial charge in [-0.1, -0.05) is 30.3 Å². The van der Waals surface area contributed by atoms with E-state index in [2.05, 4.69) is 5.32 Å². The third-order valence-electron chi connectivity index (χ3n) is 6.35. The number of sulfonamides is 1. The molecule has 0 radical (unpaired) electrons. The van der Waals surface area contributed by atoms with Crippen molar-refractivity contribution in [1.29, 1.82) is 0 Å². The van der Waals surface area contributed by atoms with E-state index in [1.165, 1.54) is 28.4 Å². The van der Waals surface area contributed by atoms with Crippen LogP contribution in [0.15, 0.2) is 59.5 Å². The molecule has 1 spiro atoms. The van der Waals surface area contributed by atoms with Crippen LogP contribution in [0.25, 0.3) is 0 Å². The quantitative estimate of drug-likeness (QED) is 0.623. The molecule has 2 aliphatic rings. The van der Waals surface area contributed by atoms with Crippen molar-refractivity contribution >= 4 is 21.9 Å². The first kappa shape index (κ1) is 23.2. The molecule has 2 aromatic rings. The highest BCUT2D eigenvalue weighted by Crippen LogP contribution is 2.35. The van der Waals surface area contributed by atoms with Crippen LogP contribution in [0.4, 0.5) is 0 Å². The van der Waals surface area contributed by atoms with E-state index < -0.39 is 34.2 Å². The summed E-state index contributed by atoms with van der Waals surface area (Å²) in [6.45, 7) is -0.0893. The lowest BCUT2D eigenvalue weighted by atomic mass is 9.97. The summed E-state index contributed by atoms with van der Waals surface area (Å²) in [5, 5.41) is 12.8. The lowest BCUT2D eigenvalue weighted by Gasteiger charge is -2.43. The van der Waals surface area contributed by atoms with Crippen molar-refractivity contribution in [2.45, 2.75) is 35.9 Å². The Hall–Kier alpha value is -2.95. The van der Waals surface area contributed by atoms with Gasteiger partial charge in [0.15, 0.2) is 0 Å². The molecule has 33 heavy (non-hydrogen) atoms. The number of rotatable bonds is 7. The highest BCUT2D eigenvalue weighted by Gasteiger charge is 2.52. The fraction of sp³-hybridized carbons (Fsp3) is 0.391. The number of nitrogens with one attached hydrogen (secondary N) is 1. The van der Waals surface area contributed by atoms with E-state index in [0.29, 0.717) is 25.0 Å². The van der Waals surface area contributed by atoms with Gasteiger partial charge in [0.05, 0.1) is 23.7 Å². The topological polar surface area (TPSA) is 116 Å². The molecule has 10 heteroatoms. The van der Waals surface area contributed by atoms with E-state index in [1.54, 1.807) is 12.1 Å². The van der Waals surface area contributed by atoms with Crippen molar-refractivity contribution in [3.05, 3.63) is 60.2 Å². The molecule has 0 aromatic heterocycles. The Kier molecular flexibility index (Phi) is 6.42. The first-order valence-corrected chi connectivity index (χ1v) is 12.2. The molecular weight excluding hydrogens is 446 g/mol. The molecule has 0 aliphatic carbocycles. The Morgan fingerprint density at radius 3 is 2.33 bits per heavy atom. The molecule has 4 rings (SSSR count). The normalized spacial score (nSPS) is 20.8. The number of amides is 1. The molecule has 1 atom stereocenters. The van der Waals surface area contributed by atoms with Crippen molar-refractivity contribution in [2.75, 3.05) is 26.7 Å². The Labute approximate surface area is 193 Å². The standard InChI is InChI=1S/C23H27N3O6S/c1-32-18-7-9-19(10-8-18)33(30,31)25-13-11-23(12-14-25)24-20(15-17-5-3-2-4-6-17)22(29)26(23)16-21(27)28/h2-10,20,24H,11-16H2,1H3,(H,27,28). The number of hydrogen-bond donors (Lipinski definition) is 2. The summed E-state index contributed by atoms with van der Waals surface area (Å²) in [5.41, 5.74) is 0.0797. The van der Waals surface area contributed by atoms with Gasteiger partial charge in [-0.25, -0.2) is 8.42 Å². The van der Waals surface area contributed by atoms with Crippen LogP contribution >= 0.6 is 0 Å². The van der Waals surface area contributed by atoms with Gasteiger partial charge in [-0.3, -0.25) is 14.9 Å². The van der Waals surface area contributed by atoms with Crippen LogP contribution in [-0.4, -0.2) is 73.1 Å². The van der Waals surface area contributed by atoms with Gasteiger partial charge in [0.2, 0.25) is 15.9 Å². The van der Waals surface area contributed by atoms with Gasteiger partial charge in [0.25, 0.3) is 0 Å². The predicted molar refractivity (Wildman–Crippen MR) is 120 cm³/mol. The molecule has 2 N–H and O–H groups in total. The van der Waals surface area contributed by atoms with Crippen LogP contribution in [-0.2, 0) is 26.0 Å². The molecule has 0 bridgehead atoms. The second-order valence-electron chi connectivity index (χ2n) is 8.32. The van der Waals surface area contributed by atoms with E-state index >= 15 is 0 Å². The molecule has 176 valence electrons. The fourth-order valence-corrected chi connectivity index (χ4v) is 6.06. The molecule has 1 amide bonds. The first-order chi connectivity index (χ1) is 15.7. The van der Waals surface area contributed by atoms with E-state index in [9.17, 15) is 23.1 Å². The maximum Gasteiger partial charge on any atom is 0.323 e. The van der Waals surface area contributed by atoms with Gasteiger partial charge in [-0.15, -0.1) is 0 Å². The zero-order chi connectivity index (χ0) is 23.6. The number of hydrogen-bond acceptors (Lipinski definition) is 6. The molecule has 2 fully saturated rings. The maximum absolute atomic E-state index is 13.1. The lowest BCUT2D eigenvalue weighted by Crippen LogP contribution is -2.60. The maximum atomic E-state index is 13.1. The first-order valence-electron chi connectivity index (χ1n) is 10.7. The Morgan fingerprint density at radius 2 is 1.76 bits per heavy atom. The van der Waals surface area contributed by atoms with Gasteiger partial charge in [-0.05, 0) is 49.1 Å². The van der Waals surface area contributed by atoms with E-state index in [1.807, 2.05) is 30.3 Å². The van der Waals surface area contributed by atoms with Crippen molar-refractivity contribution in [3.63, 3.8) is 0 Å². The highest BCUT2D eigenvalue weighted by molar-refractivity contribution is 7.89. The fourth-order valence-electron chi connectivity index (χ4n) is 4.62. The number of methoxy groups -OCH3 is 1. The Morgan fingerprint density at radius 1 is 1.12 bits per heavy atom. The Bertz CT molecular complexity index is 1110. The summed E-state index contributed by atoms with van der Waals surface area (Å²) in [5.74, 6) is -0.806. The van der Waals surface area contributed by atoms with Crippen LogP contribution in [0.2, 0.25) is 0 Å². The number of piperidine rings is 1. The van der Waals surface area contributed by atoms with Crippen molar-refractivity contribution in [2.24, 2.45) is 0 Å². The van der Waals surface area contributed by atoms with Crippen LogP contribution in [0, 0.1) is 0 Å². The largest absolute Gasteiger partial charge is 0.497 e. The number of benzene rings is 2. The van der Waals surface area contributed by atoms with Gasteiger partial charge < -0.3 is 14.7 Å². The molecule has 2 saturated heterocycles. The van der Waals surface area contributed by atoms with Gasteiger partial charge in [0, 0.05) is 13.1 Å². The number of nitrogens with zero attached hydrogens (tertiary/aromatic N) is 2. The highest BCUT2D eigenvalue weighted by atomic mass is 32.2. The summed E-state index contributed by atoms with van der Waals surface area (Å²) in [4.78, 5) is 26.2. The minimum absolute atomic E-state index is 0.166. The number of aliphatic carboxylic acids is 1. The molecule has 0 saturated carbocycles. The third kappa shape index (κ3) is 4.59. The summed E-state index contributed by atoms with van der Waals surface area (Å²) in [6, 6.07) is 15.2. The monoisotopic (exact) mass is 473 g/mol. The SMILES string of the molecule is COc1ccc(S(=O)(=O)N2CCC3(CC2)NC(Cc2ccccc2)C(=O)N3CC(=O)O)cc1. The van der Waals surface area contributed by atoms with Crippen LogP contribution in [0.3, 0.4) is 0 Å². The number of ether oxygens (including phenoxy) is 1. The third-order valence-corrected chi connectivity index (χ3v) is 8.26. The van der Waals surface area contributed by atoms with Gasteiger partial charge in [0.1, 0.15) is 12.3 Å². The van der Waals surface area contributed by atoms with Crippen LogP contribution in [0.5, 0.6) is 5.75 Å². The van der Waals surface area contributed by atoms with Crippen molar-refractivity contribution < 1.29 is 27.9 Å². The zero-order valence-electron chi connectivity index (χ0n) is 18.3. The molecule has 2 aromatic carbocycles. The molecule has 1 unspecified atom stereocenters. The second kappa shape index (κ2) is 9.12. The molecule has 9 nitrogen and oxygen atoms in total. The molecule has 2 aliphatic heterocycles. The van der Waals surface area contributed by atoms with E-state index in [-0.39, 0.29) is 23.9 Å². The van der Waals surface area contributed by atoms with E-state index in [4.69, 9.17) is 4.74 Å². The van der Waals surface area contributed by atoms with Gasteiger partial charge in [-0.2, -0.15) is 4.31 Å². The predicted octanol–water partition coefficient (Wildman–Crippen LogP) is 1.30. The lowest BCUT2D eigenvalue weighted by molar-refractivity contribution is -0.147. The van der Waals surface area contributed by atoms with Crippen LogP contribution < -0.4 is 10.1 Å². The smallest absolute Gasteiger partial charge is 0.323 e. The number of carbonyl (C=O) groups is 2. The minimum atomic E-state index is -3.72. The summed E-state index contributed by atoms with van der Waals surface area (Å²) in [7, 11) is -2.21. The van der Waals surface area contributed by atoms with Crippen LogP contribution in [0.1, 0.15) is 18.4 Å². The number of carboxylic acids is 1. The number of carbonyl (C=O) groups excluding carboxylic acids is 1. The minimum Gasteiger partial charge on any atom is -0.497 e. The summed E-state index contributed by atoms with van der Waals surface area (Å²) in [6.07, 6.45) is 1.03. The summed E-state index contributed by atoms with van der Waals surface area (Å²) >= 11 is 0. The molecule has 2 heterocycles. The summed E-state index contributed by atoms with van der Waals surface area (Å²) < 4.78 is 32.7. The van der Waals surface area contributed by atoms with Crippen molar-refractivity contribution in [3.8, 4) is 5.75 Å². The Balaban J connectivity index is 1.52. The average molecular weight is 474 g/mol. The average Bonchev–Trinajstić information content (AvgIpc) is 3.05. The molecular formula is C23H27N3O6S. The van der Waals surface area contributed by atoms with E-state index in [0.717, 1.165) is 5.56 Å². The van der Waals surface area contributed by atoms with Crippen molar-refractivity contribution in [1.82, 2.24) is 14.5 Å². The second-order valence-corrected chi connectivity index (χ2v) is 10.3. The zero-order valence-corrected chi connectivity index (χ0v) is 19.1. The number of carboxylic acid groups (broad SMARTS) is 1. The van der Waals surface area contributed by atoms with Gasteiger partial charge >= 0.3 is 5.97 Å².